The molecule has 2 fully saturated rings. The summed E-state index contributed by atoms with van der Waals surface area (Å²) in [4.78, 5) is 14.3. The minimum atomic E-state index is 0. The van der Waals surface area contributed by atoms with Crippen molar-refractivity contribution in [3.8, 4) is 0 Å². The lowest BCUT2D eigenvalue weighted by Gasteiger charge is -2.38. The van der Waals surface area contributed by atoms with Gasteiger partial charge in [0.25, 0.3) is 0 Å². The molecule has 0 bridgehead atoms. The van der Waals surface area contributed by atoms with Gasteiger partial charge in [-0.25, -0.2) is 0 Å². The summed E-state index contributed by atoms with van der Waals surface area (Å²) in [6.07, 6.45) is 4.45. The number of carbonyl (C=O) groups is 1. The van der Waals surface area contributed by atoms with E-state index in [9.17, 15) is 4.79 Å². The predicted molar refractivity (Wildman–Crippen MR) is 78.7 cm³/mol. The highest BCUT2D eigenvalue weighted by molar-refractivity contribution is 5.85. The average molecular weight is 291 g/mol. The first-order chi connectivity index (χ1) is 8.58. The molecule has 4 nitrogen and oxygen atoms in total. The Kier molecular flexibility index (Phi) is 6.57. The van der Waals surface area contributed by atoms with E-state index in [1.54, 1.807) is 0 Å². The van der Waals surface area contributed by atoms with Crippen molar-refractivity contribution < 1.29 is 9.53 Å². The van der Waals surface area contributed by atoms with Gasteiger partial charge >= 0.3 is 0 Å². The summed E-state index contributed by atoms with van der Waals surface area (Å²) in [6.45, 7) is 8.14. The Hall–Kier alpha value is -0.320. The summed E-state index contributed by atoms with van der Waals surface area (Å²) in [7, 11) is 0. The summed E-state index contributed by atoms with van der Waals surface area (Å²) in [5, 5.41) is 3.40. The second-order valence-electron chi connectivity index (χ2n) is 5.76. The van der Waals surface area contributed by atoms with Crippen molar-refractivity contribution in [1.82, 2.24) is 10.2 Å². The number of nitrogens with one attached hydrogen (secondary N) is 1. The van der Waals surface area contributed by atoms with Crippen LogP contribution in [0.3, 0.4) is 0 Å². The Labute approximate surface area is 122 Å². The molecule has 1 N–H and O–H groups in total. The third kappa shape index (κ3) is 4.33. The number of amides is 1. The lowest BCUT2D eigenvalue weighted by molar-refractivity contribution is -0.135. The third-order valence-electron chi connectivity index (χ3n) is 4.35. The molecule has 0 aliphatic carbocycles. The number of halogens is 1. The molecule has 4 atom stereocenters. The molecule has 0 aromatic rings. The fraction of sp³-hybridized carbons (Fsp3) is 0.929. The van der Waals surface area contributed by atoms with Crippen molar-refractivity contribution in [3.05, 3.63) is 0 Å². The molecule has 0 radical (unpaired) electrons. The number of piperazine rings is 1. The summed E-state index contributed by atoms with van der Waals surface area (Å²) >= 11 is 0. The van der Waals surface area contributed by atoms with E-state index in [-0.39, 0.29) is 12.4 Å². The number of nitrogens with zero attached hydrogens (tertiary/aromatic N) is 1. The molecule has 0 aromatic carbocycles. The van der Waals surface area contributed by atoms with E-state index >= 15 is 0 Å². The van der Waals surface area contributed by atoms with E-state index in [0.29, 0.717) is 36.6 Å². The zero-order chi connectivity index (χ0) is 13.1. The molecular formula is C14H27ClN2O2. The molecule has 4 unspecified atom stereocenters. The molecular weight excluding hydrogens is 264 g/mol. The van der Waals surface area contributed by atoms with Gasteiger partial charge in [0.15, 0.2) is 0 Å². The third-order valence-corrected chi connectivity index (χ3v) is 4.35. The fourth-order valence-corrected chi connectivity index (χ4v) is 2.93. The summed E-state index contributed by atoms with van der Waals surface area (Å²) in [6, 6.07) is 0.695. The maximum atomic E-state index is 12.2. The van der Waals surface area contributed by atoms with E-state index in [1.165, 1.54) is 0 Å². The van der Waals surface area contributed by atoms with E-state index in [0.717, 1.165) is 32.4 Å². The maximum absolute atomic E-state index is 12.2. The van der Waals surface area contributed by atoms with E-state index in [4.69, 9.17) is 4.74 Å². The first-order valence-electron chi connectivity index (χ1n) is 7.26. The zero-order valence-corrected chi connectivity index (χ0v) is 13.0. The maximum Gasteiger partial charge on any atom is 0.223 e. The van der Waals surface area contributed by atoms with Gasteiger partial charge < -0.3 is 15.0 Å². The molecule has 1 amide bonds. The average Bonchev–Trinajstić information content (AvgIpc) is 2.76. The minimum Gasteiger partial charge on any atom is -0.375 e. The highest BCUT2D eigenvalue weighted by Gasteiger charge is 2.29. The quantitative estimate of drug-likeness (QED) is 0.864. The molecule has 2 saturated heterocycles. The van der Waals surface area contributed by atoms with Gasteiger partial charge in [0.2, 0.25) is 5.91 Å². The predicted octanol–water partition coefficient (Wildman–Crippen LogP) is 1.96. The molecule has 2 aliphatic heterocycles. The van der Waals surface area contributed by atoms with E-state index in [1.807, 2.05) is 4.90 Å². The summed E-state index contributed by atoms with van der Waals surface area (Å²) in [5.74, 6) is 0.291. The number of hydrogen-bond acceptors (Lipinski definition) is 3. The lowest BCUT2D eigenvalue weighted by atomic mass is 10.0. The normalized spacial score (nSPS) is 35.0. The van der Waals surface area contributed by atoms with Gasteiger partial charge in [0.1, 0.15) is 0 Å². The fourth-order valence-electron chi connectivity index (χ4n) is 2.93. The topological polar surface area (TPSA) is 41.6 Å². The SMILES string of the molecule is CC1CCC(CCC(=O)N2CCNC(C)C2C)O1.Cl. The number of rotatable bonds is 3. The monoisotopic (exact) mass is 290 g/mol. The second-order valence-corrected chi connectivity index (χ2v) is 5.76. The Balaban J connectivity index is 0.00000180. The van der Waals surface area contributed by atoms with Gasteiger partial charge in [0.05, 0.1) is 12.2 Å². The van der Waals surface area contributed by atoms with Crippen LogP contribution in [0.15, 0.2) is 0 Å². The number of carbonyl (C=O) groups excluding carboxylic acids is 1. The zero-order valence-electron chi connectivity index (χ0n) is 12.2. The first kappa shape index (κ1) is 16.7. The van der Waals surface area contributed by atoms with Crippen molar-refractivity contribution >= 4 is 18.3 Å². The van der Waals surface area contributed by atoms with Gasteiger partial charge in [0, 0.05) is 31.6 Å². The molecule has 2 heterocycles. The minimum absolute atomic E-state index is 0. The van der Waals surface area contributed by atoms with Crippen LogP contribution in [0.5, 0.6) is 0 Å². The van der Waals surface area contributed by atoms with Crippen LogP contribution in [0.25, 0.3) is 0 Å². The number of ether oxygens (including phenoxy) is 1. The molecule has 112 valence electrons. The van der Waals surface area contributed by atoms with Gasteiger partial charge in [-0.15, -0.1) is 12.4 Å². The van der Waals surface area contributed by atoms with Crippen molar-refractivity contribution in [3.63, 3.8) is 0 Å². The second kappa shape index (κ2) is 7.46. The van der Waals surface area contributed by atoms with Crippen LogP contribution in [0.2, 0.25) is 0 Å². The van der Waals surface area contributed by atoms with Crippen molar-refractivity contribution in [2.45, 2.75) is 70.7 Å². The Morgan fingerprint density at radius 1 is 1.32 bits per heavy atom. The summed E-state index contributed by atoms with van der Waals surface area (Å²) < 4.78 is 5.76. The van der Waals surface area contributed by atoms with Gasteiger partial charge in [-0.2, -0.15) is 0 Å². The van der Waals surface area contributed by atoms with Crippen LogP contribution in [0, 0.1) is 0 Å². The Morgan fingerprint density at radius 2 is 2.05 bits per heavy atom. The molecule has 2 aliphatic rings. The first-order valence-corrected chi connectivity index (χ1v) is 7.26. The molecule has 0 aromatic heterocycles. The van der Waals surface area contributed by atoms with Crippen molar-refractivity contribution in [2.75, 3.05) is 13.1 Å². The molecule has 0 spiro atoms. The number of hydrogen-bond donors (Lipinski definition) is 1. The van der Waals surface area contributed by atoms with E-state index in [2.05, 4.69) is 26.1 Å². The largest absolute Gasteiger partial charge is 0.375 e. The molecule has 2 rings (SSSR count). The van der Waals surface area contributed by atoms with Crippen LogP contribution >= 0.6 is 12.4 Å². The summed E-state index contributed by atoms with van der Waals surface area (Å²) in [5.41, 5.74) is 0. The van der Waals surface area contributed by atoms with Gasteiger partial charge in [-0.05, 0) is 40.0 Å². The van der Waals surface area contributed by atoms with Crippen LogP contribution in [0.4, 0.5) is 0 Å². The van der Waals surface area contributed by atoms with Gasteiger partial charge in [-0.3, -0.25) is 4.79 Å². The van der Waals surface area contributed by atoms with Crippen LogP contribution in [-0.4, -0.2) is 48.2 Å². The Bertz CT molecular complexity index is 301. The highest BCUT2D eigenvalue weighted by Crippen LogP contribution is 2.23. The highest BCUT2D eigenvalue weighted by atomic mass is 35.5. The standard InChI is InChI=1S/C14H26N2O2.ClH/c1-10-4-5-13(18-10)6-7-14(17)16-9-8-15-11(2)12(16)3;/h10-13,15H,4-9H2,1-3H3;1H. The Morgan fingerprint density at radius 3 is 2.68 bits per heavy atom. The van der Waals surface area contributed by atoms with E-state index < -0.39 is 0 Å². The lowest BCUT2D eigenvalue weighted by Crippen LogP contribution is -2.57. The van der Waals surface area contributed by atoms with Crippen LogP contribution in [-0.2, 0) is 9.53 Å². The molecule has 19 heavy (non-hydrogen) atoms. The van der Waals surface area contributed by atoms with Crippen molar-refractivity contribution in [1.29, 1.82) is 0 Å². The molecule has 5 heteroatoms. The van der Waals surface area contributed by atoms with Crippen LogP contribution in [0.1, 0.15) is 46.5 Å². The smallest absolute Gasteiger partial charge is 0.223 e. The van der Waals surface area contributed by atoms with Gasteiger partial charge in [-0.1, -0.05) is 0 Å². The van der Waals surface area contributed by atoms with Crippen LogP contribution < -0.4 is 5.32 Å². The van der Waals surface area contributed by atoms with Crippen molar-refractivity contribution in [2.24, 2.45) is 0 Å². The molecule has 0 saturated carbocycles.